The van der Waals surface area contributed by atoms with Crippen molar-refractivity contribution in [3.63, 3.8) is 0 Å². The number of amides is 1. The number of nitro benzene ring substituents is 1. The average molecular weight is 296 g/mol. The molecule has 0 aliphatic heterocycles. The van der Waals surface area contributed by atoms with Crippen LogP contribution in [0.15, 0.2) is 18.2 Å². The van der Waals surface area contributed by atoms with Crippen molar-refractivity contribution in [1.82, 2.24) is 5.32 Å². The molecule has 0 saturated heterocycles. The lowest BCUT2D eigenvalue weighted by molar-refractivity contribution is -0.387. The van der Waals surface area contributed by atoms with E-state index in [1.54, 1.807) is 0 Å². The number of aliphatic hydroxyl groups is 1. The van der Waals surface area contributed by atoms with Crippen molar-refractivity contribution in [2.24, 2.45) is 5.92 Å². The Kier molecular flexibility index (Phi) is 4.85. The van der Waals surface area contributed by atoms with E-state index in [2.05, 4.69) is 5.32 Å². The van der Waals surface area contributed by atoms with Gasteiger partial charge in [0.15, 0.2) is 0 Å². The fraction of sp³-hybridized carbons (Fsp3) is 0.500. The van der Waals surface area contributed by atoms with Gasteiger partial charge in [-0.3, -0.25) is 14.9 Å². The monoisotopic (exact) mass is 296 g/mol. The zero-order chi connectivity index (χ0) is 15.4. The first-order valence-corrected chi connectivity index (χ1v) is 6.87. The molecule has 0 radical (unpaired) electrons. The van der Waals surface area contributed by atoms with Crippen LogP contribution in [-0.2, 0) is 0 Å². The predicted octanol–water partition coefficient (Wildman–Crippen LogP) is 2.01. The zero-order valence-electron chi connectivity index (χ0n) is 11.4. The second-order valence-corrected chi connectivity index (χ2v) is 5.31. The Hall–Kier alpha value is -2.02. The predicted molar refractivity (Wildman–Crippen MR) is 73.4 cm³/mol. The standard InChI is InChI=1S/C14H17FN2O4/c15-12-6-3-10(7-13(12)17(20)21)14(19)16-8-9-1-4-11(18)5-2-9/h3,6-7,9,11,18H,1-2,4-5,8H2,(H,16,19). The Morgan fingerprint density at radius 3 is 2.67 bits per heavy atom. The number of halogens is 1. The van der Waals surface area contributed by atoms with E-state index in [1.165, 1.54) is 6.07 Å². The van der Waals surface area contributed by atoms with Gasteiger partial charge in [0.25, 0.3) is 5.91 Å². The molecule has 1 aliphatic rings. The molecule has 1 aliphatic carbocycles. The molecule has 1 fully saturated rings. The Labute approximate surface area is 121 Å². The summed E-state index contributed by atoms with van der Waals surface area (Å²) in [7, 11) is 0. The summed E-state index contributed by atoms with van der Waals surface area (Å²) in [6, 6.07) is 3.08. The Bertz CT molecular complexity index is 542. The Morgan fingerprint density at radius 2 is 2.05 bits per heavy atom. The summed E-state index contributed by atoms with van der Waals surface area (Å²) in [5.74, 6) is -1.12. The molecule has 2 N–H and O–H groups in total. The Morgan fingerprint density at radius 1 is 1.38 bits per heavy atom. The van der Waals surface area contributed by atoms with E-state index in [9.17, 15) is 24.4 Å². The first-order chi connectivity index (χ1) is 9.97. The number of hydrogen-bond acceptors (Lipinski definition) is 4. The van der Waals surface area contributed by atoms with E-state index in [0.717, 1.165) is 37.8 Å². The van der Waals surface area contributed by atoms with Gasteiger partial charge in [-0.25, -0.2) is 0 Å². The first kappa shape index (κ1) is 15.4. The van der Waals surface area contributed by atoms with Gasteiger partial charge in [-0.15, -0.1) is 0 Å². The second kappa shape index (κ2) is 6.62. The third-order valence-electron chi connectivity index (χ3n) is 3.77. The number of benzene rings is 1. The van der Waals surface area contributed by atoms with Gasteiger partial charge in [-0.05, 0) is 43.7 Å². The summed E-state index contributed by atoms with van der Waals surface area (Å²) in [6.07, 6.45) is 2.87. The lowest BCUT2D eigenvalue weighted by atomic mass is 9.87. The lowest BCUT2D eigenvalue weighted by Crippen LogP contribution is -2.32. The van der Waals surface area contributed by atoms with Crippen molar-refractivity contribution in [1.29, 1.82) is 0 Å². The maximum absolute atomic E-state index is 13.2. The van der Waals surface area contributed by atoms with Crippen LogP contribution in [0.25, 0.3) is 0 Å². The smallest absolute Gasteiger partial charge is 0.305 e. The summed E-state index contributed by atoms with van der Waals surface area (Å²) in [5, 5.41) is 22.8. The number of carbonyl (C=O) groups excluding carboxylic acids is 1. The molecule has 0 atom stereocenters. The van der Waals surface area contributed by atoms with E-state index < -0.39 is 22.3 Å². The van der Waals surface area contributed by atoms with Gasteiger partial charge in [-0.1, -0.05) is 0 Å². The molecule has 1 amide bonds. The number of carbonyl (C=O) groups is 1. The van der Waals surface area contributed by atoms with Gasteiger partial charge >= 0.3 is 5.69 Å². The zero-order valence-corrected chi connectivity index (χ0v) is 11.4. The molecule has 114 valence electrons. The van der Waals surface area contributed by atoms with Crippen LogP contribution in [0.4, 0.5) is 10.1 Å². The van der Waals surface area contributed by atoms with Crippen LogP contribution in [0.2, 0.25) is 0 Å². The summed E-state index contributed by atoms with van der Waals surface area (Å²) in [4.78, 5) is 21.7. The second-order valence-electron chi connectivity index (χ2n) is 5.31. The summed E-state index contributed by atoms with van der Waals surface area (Å²) in [6.45, 7) is 0.455. The van der Waals surface area contributed by atoms with Gasteiger partial charge in [0.2, 0.25) is 5.82 Å². The van der Waals surface area contributed by atoms with E-state index in [1.807, 2.05) is 0 Å². The van der Waals surface area contributed by atoms with Crippen LogP contribution < -0.4 is 5.32 Å². The number of hydrogen-bond donors (Lipinski definition) is 2. The first-order valence-electron chi connectivity index (χ1n) is 6.87. The summed E-state index contributed by atoms with van der Waals surface area (Å²) >= 11 is 0. The maximum atomic E-state index is 13.2. The van der Waals surface area contributed by atoms with Crippen LogP contribution in [0.3, 0.4) is 0 Å². The highest BCUT2D eigenvalue weighted by Crippen LogP contribution is 2.23. The normalized spacial score (nSPS) is 21.8. The van der Waals surface area contributed by atoms with Gasteiger partial charge in [-0.2, -0.15) is 4.39 Å². The van der Waals surface area contributed by atoms with Crippen LogP contribution in [-0.4, -0.2) is 28.6 Å². The largest absolute Gasteiger partial charge is 0.393 e. The van der Waals surface area contributed by atoms with Crippen molar-refractivity contribution in [2.75, 3.05) is 6.54 Å². The molecule has 7 heteroatoms. The van der Waals surface area contributed by atoms with Gasteiger partial charge in [0.05, 0.1) is 11.0 Å². The minimum atomic E-state index is -0.960. The molecule has 0 heterocycles. The topological polar surface area (TPSA) is 92.5 Å². The van der Waals surface area contributed by atoms with Crippen molar-refractivity contribution < 1.29 is 19.2 Å². The summed E-state index contributed by atoms with van der Waals surface area (Å²) in [5.41, 5.74) is -0.637. The van der Waals surface area contributed by atoms with E-state index >= 15 is 0 Å². The van der Waals surface area contributed by atoms with E-state index in [4.69, 9.17) is 0 Å². The minimum Gasteiger partial charge on any atom is -0.393 e. The highest BCUT2D eigenvalue weighted by atomic mass is 19.1. The molecular weight excluding hydrogens is 279 g/mol. The lowest BCUT2D eigenvalue weighted by Gasteiger charge is -2.25. The van der Waals surface area contributed by atoms with Gasteiger partial charge in [0, 0.05) is 18.2 Å². The molecule has 2 rings (SSSR count). The molecule has 1 aromatic carbocycles. The molecule has 21 heavy (non-hydrogen) atoms. The fourth-order valence-corrected chi connectivity index (χ4v) is 2.48. The Balaban J connectivity index is 1.94. The highest BCUT2D eigenvalue weighted by molar-refractivity contribution is 5.94. The van der Waals surface area contributed by atoms with Crippen LogP contribution in [0, 0.1) is 21.8 Å². The van der Waals surface area contributed by atoms with Crippen LogP contribution in [0.1, 0.15) is 36.0 Å². The molecule has 0 unspecified atom stereocenters. The third-order valence-corrected chi connectivity index (χ3v) is 3.77. The van der Waals surface area contributed by atoms with Gasteiger partial charge in [0.1, 0.15) is 0 Å². The molecule has 6 nitrogen and oxygen atoms in total. The van der Waals surface area contributed by atoms with E-state index in [0.29, 0.717) is 12.5 Å². The summed E-state index contributed by atoms with van der Waals surface area (Å²) < 4.78 is 13.2. The number of nitrogens with one attached hydrogen (secondary N) is 1. The van der Waals surface area contributed by atoms with Crippen molar-refractivity contribution in [2.45, 2.75) is 31.8 Å². The molecule has 0 spiro atoms. The molecular formula is C14H17FN2O4. The molecule has 0 bridgehead atoms. The quantitative estimate of drug-likeness (QED) is 0.656. The molecule has 0 aromatic heterocycles. The van der Waals surface area contributed by atoms with Crippen molar-refractivity contribution >= 4 is 11.6 Å². The number of aliphatic hydroxyl groups excluding tert-OH is 1. The van der Waals surface area contributed by atoms with E-state index in [-0.39, 0.29) is 11.7 Å². The minimum absolute atomic E-state index is 0.0685. The van der Waals surface area contributed by atoms with Crippen molar-refractivity contribution in [3.8, 4) is 0 Å². The SMILES string of the molecule is O=C(NCC1CCC(O)CC1)c1ccc(F)c([N+](=O)[O-])c1. The molecule has 1 aromatic rings. The van der Waals surface area contributed by atoms with Crippen LogP contribution in [0.5, 0.6) is 0 Å². The number of rotatable bonds is 4. The van der Waals surface area contributed by atoms with Crippen molar-refractivity contribution in [3.05, 3.63) is 39.7 Å². The highest BCUT2D eigenvalue weighted by Gasteiger charge is 2.21. The molecule has 1 saturated carbocycles. The number of nitro groups is 1. The number of nitrogens with zero attached hydrogens (tertiary/aromatic N) is 1. The van der Waals surface area contributed by atoms with Crippen LogP contribution >= 0.6 is 0 Å². The maximum Gasteiger partial charge on any atom is 0.305 e. The van der Waals surface area contributed by atoms with Gasteiger partial charge < -0.3 is 10.4 Å². The average Bonchev–Trinajstić information content (AvgIpc) is 2.46. The third kappa shape index (κ3) is 3.98. The fourth-order valence-electron chi connectivity index (χ4n) is 2.48.